The minimum absolute atomic E-state index is 0.148. The van der Waals surface area contributed by atoms with Gasteiger partial charge in [0.2, 0.25) is 0 Å². The van der Waals surface area contributed by atoms with Gasteiger partial charge in [-0.2, -0.15) is 0 Å². The van der Waals surface area contributed by atoms with Crippen LogP contribution in [0, 0.1) is 0 Å². The van der Waals surface area contributed by atoms with Crippen molar-refractivity contribution in [3.05, 3.63) is 23.0 Å². The molecule has 0 bridgehead atoms. The monoisotopic (exact) mass is 299 g/mol. The van der Waals surface area contributed by atoms with Crippen LogP contribution >= 0.6 is 0 Å². The van der Waals surface area contributed by atoms with E-state index in [9.17, 15) is 18.7 Å². The van der Waals surface area contributed by atoms with Gasteiger partial charge in [-0.1, -0.05) is 0 Å². The number of halogens is 2. The number of alkyl halides is 2. The fourth-order valence-corrected chi connectivity index (χ4v) is 2.92. The van der Waals surface area contributed by atoms with E-state index in [-0.39, 0.29) is 17.9 Å². The Hall–Kier alpha value is -1.47. The number of aliphatic hydroxyl groups excluding tert-OH is 1. The number of aliphatic hydroxyl groups is 1. The number of hydrogen-bond acceptors (Lipinski definition) is 3. The van der Waals surface area contributed by atoms with Gasteiger partial charge in [0.25, 0.3) is 11.8 Å². The number of nitrogens with zero attached hydrogens (tertiary/aromatic N) is 2. The average Bonchev–Trinajstić information content (AvgIpc) is 2.88. The molecule has 1 amide bonds. The maximum Gasteiger partial charge on any atom is 0.278 e. The van der Waals surface area contributed by atoms with E-state index in [1.54, 1.807) is 4.90 Å². The van der Waals surface area contributed by atoms with Gasteiger partial charge in [-0.3, -0.25) is 4.79 Å². The van der Waals surface area contributed by atoms with Crippen molar-refractivity contribution in [2.75, 3.05) is 33.2 Å². The fraction of sp³-hybridized carbons (Fsp3) is 0.643. The van der Waals surface area contributed by atoms with Crippen LogP contribution in [0.4, 0.5) is 8.78 Å². The summed E-state index contributed by atoms with van der Waals surface area (Å²) in [5.74, 6) is -3.31. The van der Waals surface area contributed by atoms with Crippen molar-refractivity contribution >= 4 is 5.91 Å². The van der Waals surface area contributed by atoms with Crippen LogP contribution in [0.15, 0.2) is 6.07 Å². The smallest absolute Gasteiger partial charge is 0.278 e. The van der Waals surface area contributed by atoms with E-state index in [1.807, 2.05) is 7.05 Å². The first kappa shape index (κ1) is 14.5. The summed E-state index contributed by atoms with van der Waals surface area (Å²) < 4.78 is 27.0. The molecule has 1 aliphatic heterocycles. The van der Waals surface area contributed by atoms with Gasteiger partial charge >= 0.3 is 0 Å². The molecule has 21 heavy (non-hydrogen) atoms. The molecule has 1 saturated heterocycles. The minimum atomic E-state index is -3.12. The van der Waals surface area contributed by atoms with Crippen molar-refractivity contribution in [1.82, 2.24) is 14.8 Å². The summed E-state index contributed by atoms with van der Waals surface area (Å²) in [6.07, 6.45) is -2.08. The Balaban J connectivity index is 1.80. The first-order chi connectivity index (χ1) is 9.88. The van der Waals surface area contributed by atoms with Gasteiger partial charge in [0, 0.05) is 43.9 Å². The number of hydrogen-bond donors (Lipinski definition) is 2. The zero-order valence-electron chi connectivity index (χ0n) is 11.9. The predicted molar refractivity (Wildman–Crippen MR) is 72.4 cm³/mol. The molecule has 7 heteroatoms. The van der Waals surface area contributed by atoms with Gasteiger partial charge in [0.05, 0.1) is 0 Å². The van der Waals surface area contributed by atoms with Crippen molar-refractivity contribution in [3.63, 3.8) is 0 Å². The molecule has 0 saturated carbocycles. The molecule has 0 aromatic carbocycles. The Labute approximate surface area is 121 Å². The number of aryl methyl sites for hydroxylation is 1. The number of aromatic amines is 1. The lowest BCUT2D eigenvalue weighted by Crippen LogP contribution is -2.47. The first-order valence-electron chi connectivity index (χ1n) is 7.14. The van der Waals surface area contributed by atoms with E-state index in [2.05, 4.69) is 9.88 Å². The summed E-state index contributed by atoms with van der Waals surface area (Å²) in [5.41, 5.74) is 0.996. The van der Waals surface area contributed by atoms with Gasteiger partial charge in [0.1, 0.15) is 11.8 Å². The average molecular weight is 299 g/mol. The molecule has 2 N–H and O–H groups in total. The molecule has 0 radical (unpaired) electrons. The number of piperazine rings is 1. The fourth-order valence-electron chi connectivity index (χ4n) is 2.92. The van der Waals surface area contributed by atoms with Gasteiger partial charge in [0.15, 0.2) is 0 Å². The number of amides is 1. The van der Waals surface area contributed by atoms with Crippen LogP contribution in [0.2, 0.25) is 0 Å². The third-order valence-corrected chi connectivity index (χ3v) is 4.36. The highest BCUT2D eigenvalue weighted by Crippen LogP contribution is 2.41. The molecule has 0 spiro atoms. The molecule has 2 aliphatic rings. The third kappa shape index (κ3) is 2.55. The molecule has 5 nitrogen and oxygen atoms in total. The Bertz CT molecular complexity index is 550. The summed E-state index contributed by atoms with van der Waals surface area (Å²) in [5, 5.41) is 9.73. The lowest BCUT2D eigenvalue weighted by molar-refractivity contribution is -0.121. The first-order valence-corrected chi connectivity index (χ1v) is 7.14. The summed E-state index contributed by atoms with van der Waals surface area (Å²) in [4.78, 5) is 19.2. The second-order valence-corrected chi connectivity index (χ2v) is 5.88. The lowest BCUT2D eigenvalue weighted by atomic mass is 9.92. The zero-order valence-corrected chi connectivity index (χ0v) is 11.9. The summed E-state index contributed by atoms with van der Waals surface area (Å²) in [6, 6.07) is 1.38. The van der Waals surface area contributed by atoms with Gasteiger partial charge in [-0.25, -0.2) is 8.78 Å². The van der Waals surface area contributed by atoms with Crippen molar-refractivity contribution in [2.45, 2.75) is 24.9 Å². The molecule has 2 heterocycles. The molecule has 1 aromatic rings. The zero-order chi connectivity index (χ0) is 15.2. The highest BCUT2D eigenvalue weighted by Gasteiger charge is 2.44. The number of likely N-dealkylation sites (N-methyl/N-ethyl adjacent to an activating group) is 1. The van der Waals surface area contributed by atoms with Crippen LogP contribution in [0.1, 0.15) is 34.3 Å². The van der Waals surface area contributed by atoms with E-state index < -0.39 is 18.4 Å². The van der Waals surface area contributed by atoms with Crippen molar-refractivity contribution in [3.8, 4) is 0 Å². The molecule has 1 unspecified atom stereocenters. The van der Waals surface area contributed by atoms with Crippen LogP contribution < -0.4 is 0 Å². The van der Waals surface area contributed by atoms with E-state index in [0.29, 0.717) is 24.5 Å². The van der Waals surface area contributed by atoms with E-state index in [4.69, 9.17) is 0 Å². The SMILES string of the molecule is CN1CCN(C(=O)c2cc3c([nH]2)CCC(F)(F)C3O)CC1. The number of nitrogens with one attached hydrogen (secondary N) is 1. The van der Waals surface area contributed by atoms with Gasteiger partial charge in [-0.05, 0) is 19.5 Å². The number of carbonyl (C=O) groups is 1. The van der Waals surface area contributed by atoms with Gasteiger partial charge in [-0.15, -0.1) is 0 Å². The van der Waals surface area contributed by atoms with Crippen molar-refractivity contribution in [1.29, 1.82) is 0 Å². The van der Waals surface area contributed by atoms with Crippen LogP contribution in [-0.4, -0.2) is 64.9 Å². The second-order valence-electron chi connectivity index (χ2n) is 5.88. The Morgan fingerprint density at radius 2 is 2.05 bits per heavy atom. The molecule has 1 aromatic heterocycles. The molecule has 3 rings (SSSR count). The van der Waals surface area contributed by atoms with Crippen LogP contribution in [0.25, 0.3) is 0 Å². The van der Waals surface area contributed by atoms with Crippen LogP contribution in [0.3, 0.4) is 0 Å². The highest BCUT2D eigenvalue weighted by atomic mass is 19.3. The normalized spacial score (nSPS) is 25.7. The Morgan fingerprint density at radius 3 is 2.71 bits per heavy atom. The van der Waals surface area contributed by atoms with Crippen LogP contribution in [0.5, 0.6) is 0 Å². The lowest BCUT2D eigenvalue weighted by Gasteiger charge is -2.32. The third-order valence-electron chi connectivity index (χ3n) is 4.36. The molecular weight excluding hydrogens is 280 g/mol. The second kappa shape index (κ2) is 5.06. The predicted octanol–water partition coefficient (Wildman–Crippen LogP) is 1.02. The summed E-state index contributed by atoms with van der Waals surface area (Å²) in [7, 11) is 1.99. The maximum absolute atomic E-state index is 13.5. The van der Waals surface area contributed by atoms with E-state index in [1.165, 1.54) is 6.07 Å². The topological polar surface area (TPSA) is 59.6 Å². The van der Waals surface area contributed by atoms with E-state index >= 15 is 0 Å². The summed E-state index contributed by atoms with van der Waals surface area (Å²) >= 11 is 0. The van der Waals surface area contributed by atoms with Gasteiger partial charge < -0.3 is 19.9 Å². The summed E-state index contributed by atoms with van der Waals surface area (Å²) in [6.45, 7) is 2.84. The minimum Gasteiger partial charge on any atom is -0.382 e. The number of H-pyrrole nitrogens is 1. The van der Waals surface area contributed by atoms with E-state index in [0.717, 1.165) is 13.1 Å². The number of carbonyl (C=O) groups excluding carboxylic acids is 1. The molecular formula is C14H19F2N3O2. The quantitative estimate of drug-likeness (QED) is 0.814. The molecule has 1 aliphatic carbocycles. The number of aromatic nitrogens is 1. The Morgan fingerprint density at radius 1 is 1.38 bits per heavy atom. The molecule has 116 valence electrons. The maximum atomic E-state index is 13.5. The largest absolute Gasteiger partial charge is 0.382 e. The van der Waals surface area contributed by atoms with Crippen molar-refractivity contribution in [2.24, 2.45) is 0 Å². The highest BCUT2D eigenvalue weighted by molar-refractivity contribution is 5.93. The van der Waals surface area contributed by atoms with Crippen molar-refractivity contribution < 1.29 is 18.7 Å². The standard InChI is InChI=1S/C14H19F2N3O2/c1-18-4-6-19(7-5-18)13(21)11-8-9-10(17-11)2-3-14(15,16)12(9)20/h8,12,17,20H,2-7H2,1H3. The number of fused-ring (bicyclic) bond motifs is 1. The Kier molecular flexibility index (Phi) is 3.49. The number of rotatable bonds is 1. The molecule has 1 fully saturated rings. The van der Waals surface area contributed by atoms with Crippen LogP contribution in [-0.2, 0) is 6.42 Å². The molecule has 1 atom stereocenters.